The van der Waals surface area contributed by atoms with Crippen LogP contribution in [0.5, 0.6) is 0 Å². The Balaban J connectivity index is 3.70. The number of hydrogen-bond acceptors (Lipinski definition) is 3. The molecule has 2 N–H and O–H groups in total. The Bertz CT molecular complexity index is 86.1. The molecule has 0 saturated carbocycles. The van der Waals surface area contributed by atoms with E-state index in [4.69, 9.17) is 5.11 Å². The number of rotatable bonds is 5. The Morgan fingerprint density at radius 3 is 2.18 bits per heavy atom. The molecule has 3 heteroatoms. The Labute approximate surface area is 68.6 Å². The molecule has 0 aliphatic rings. The quantitative estimate of drug-likeness (QED) is 0.599. The zero-order valence-electron chi connectivity index (χ0n) is 7.62. The third-order valence-corrected chi connectivity index (χ3v) is 1.88. The Morgan fingerprint density at radius 2 is 1.91 bits per heavy atom. The Hall–Kier alpha value is -0.120. The summed E-state index contributed by atoms with van der Waals surface area (Å²) in [5, 5.41) is 17.9. The SMILES string of the molecule is C[C@H](O)[C@@H](CCCO)N(C)C. The maximum absolute atomic E-state index is 9.29. The summed E-state index contributed by atoms with van der Waals surface area (Å²) in [6.45, 7) is 1.99. The minimum absolute atomic E-state index is 0.169. The molecule has 2 atom stereocenters. The van der Waals surface area contributed by atoms with Gasteiger partial charge in [0.1, 0.15) is 0 Å². The highest BCUT2D eigenvalue weighted by Crippen LogP contribution is 2.07. The predicted octanol–water partition coefficient (Wildman–Crippen LogP) is 0.0699. The van der Waals surface area contributed by atoms with Crippen LogP contribution in [-0.4, -0.2) is 48.0 Å². The van der Waals surface area contributed by atoms with Crippen LogP contribution < -0.4 is 0 Å². The first kappa shape index (κ1) is 10.9. The normalized spacial score (nSPS) is 16.9. The summed E-state index contributed by atoms with van der Waals surface area (Å²) >= 11 is 0. The van der Waals surface area contributed by atoms with E-state index in [2.05, 4.69) is 0 Å². The molecule has 0 bridgehead atoms. The molecule has 68 valence electrons. The van der Waals surface area contributed by atoms with E-state index in [1.165, 1.54) is 0 Å². The lowest BCUT2D eigenvalue weighted by Crippen LogP contribution is -2.37. The van der Waals surface area contributed by atoms with Crippen LogP contribution in [0.2, 0.25) is 0 Å². The van der Waals surface area contributed by atoms with E-state index in [0.717, 1.165) is 12.8 Å². The van der Waals surface area contributed by atoms with Crippen molar-refractivity contribution >= 4 is 0 Å². The zero-order chi connectivity index (χ0) is 8.85. The minimum atomic E-state index is -0.323. The Morgan fingerprint density at radius 1 is 1.36 bits per heavy atom. The van der Waals surface area contributed by atoms with Crippen molar-refractivity contribution in [2.24, 2.45) is 0 Å². The van der Waals surface area contributed by atoms with Gasteiger partial charge in [-0.2, -0.15) is 0 Å². The maximum Gasteiger partial charge on any atom is 0.0667 e. The van der Waals surface area contributed by atoms with Gasteiger partial charge in [-0.25, -0.2) is 0 Å². The topological polar surface area (TPSA) is 43.7 Å². The highest BCUT2D eigenvalue weighted by molar-refractivity contribution is 4.71. The van der Waals surface area contributed by atoms with Gasteiger partial charge in [-0.15, -0.1) is 0 Å². The van der Waals surface area contributed by atoms with Gasteiger partial charge in [0.2, 0.25) is 0 Å². The third-order valence-electron chi connectivity index (χ3n) is 1.88. The molecule has 0 amide bonds. The fourth-order valence-corrected chi connectivity index (χ4v) is 1.23. The van der Waals surface area contributed by atoms with Crippen LogP contribution >= 0.6 is 0 Å². The molecule has 0 rings (SSSR count). The number of likely N-dealkylation sites (N-methyl/N-ethyl adjacent to an activating group) is 1. The average molecular weight is 161 g/mol. The highest BCUT2D eigenvalue weighted by Gasteiger charge is 2.15. The van der Waals surface area contributed by atoms with Crippen LogP contribution in [0.1, 0.15) is 19.8 Å². The molecule has 0 aliphatic carbocycles. The van der Waals surface area contributed by atoms with Gasteiger partial charge in [-0.3, -0.25) is 0 Å². The van der Waals surface area contributed by atoms with Crippen molar-refractivity contribution in [1.82, 2.24) is 4.90 Å². The number of aliphatic hydroxyl groups excluding tert-OH is 2. The van der Waals surface area contributed by atoms with Crippen molar-refractivity contribution in [2.45, 2.75) is 31.9 Å². The highest BCUT2D eigenvalue weighted by atomic mass is 16.3. The van der Waals surface area contributed by atoms with Gasteiger partial charge in [0.05, 0.1) is 6.10 Å². The van der Waals surface area contributed by atoms with Crippen LogP contribution in [0.15, 0.2) is 0 Å². The number of aliphatic hydroxyl groups is 2. The lowest BCUT2D eigenvalue weighted by molar-refractivity contribution is 0.0803. The van der Waals surface area contributed by atoms with E-state index < -0.39 is 0 Å². The second-order valence-electron chi connectivity index (χ2n) is 3.14. The first-order valence-corrected chi connectivity index (χ1v) is 4.05. The molecule has 0 radical (unpaired) electrons. The summed E-state index contributed by atoms with van der Waals surface area (Å²) in [5.74, 6) is 0. The summed E-state index contributed by atoms with van der Waals surface area (Å²) in [4.78, 5) is 1.99. The van der Waals surface area contributed by atoms with Crippen molar-refractivity contribution in [2.75, 3.05) is 20.7 Å². The summed E-state index contributed by atoms with van der Waals surface area (Å²) in [6, 6.07) is 0.169. The molecule has 0 unspecified atom stereocenters. The van der Waals surface area contributed by atoms with Gasteiger partial charge in [-0.1, -0.05) is 0 Å². The second-order valence-corrected chi connectivity index (χ2v) is 3.14. The fourth-order valence-electron chi connectivity index (χ4n) is 1.23. The zero-order valence-corrected chi connectivity index (χ0v) is 7.62. The molecule has 0 spiro atoms. The van der Waals surface area contributed by atoms with Crippen molar-refractivity contribution in [3.05, 3.63) is 0 Å². The van der Waals surface area contributed by atoms with E-state index in [0.29, 0.717) is 0 Å². The molecule has 0 fully saturated rings. The van der Waals surface area contributed by atoms with Gasteiger partial charge in [0.25, 0.3) is 0 Å². The first-order valence-electron chi connectivity index (χ1n) is 4.05. The van der Waals surface area contributed by atoms with Gasteiger partial charge in [0, 0.05) is 12.6 Å². The first-order chi connectivity index (χ1) is 5.09. The van der Waals surface area contributed by atoms with Crippen molar-refractivity contribution < 1.29 is 10.2 Å². The van der Waals surface area contributed by atoms with E-state index >= 15 is 0 Å². The van der Waals surface area contributed by atoms with Crippen LogP contribution in [0.25, 0.3) is 0 Å². The standard InChI is InChI=1S/C8H19NO2/c1-7(11)8(9(2)3)5-4-6-10/h7-8,10-11H,4-6H2,1-3H3/t7-,8+/m0/s1. The molecule has 0 aromatic rings. The van der Waals surface area contributed by atoms with E-state index in [1.54, 1.807) is 6.92 Å². The summed E-state index contributed by atoms with van der Waals surface area (Å²) in [6.07, 6.45) is 1.28. The van der Waals surface area contributed by atoms with Gasteiger partial charge in [-0.05, 0) is 33.9 Å². The molecule has 3 nitrogen and oxygen atoms in total. The van der Waals surface area contributed by atoms with Gasteiger partial charge >= 0.3 is 0 Å². The fraction of sp³-hybridized carbons (Fsp3) is 1.00. The van der Waals surface area contributed by atoms with E-state index in [1.807, 2.05) is 19.0 Å². The largest absolute Gasteiger partial charge is 0.396 e. The van der Waals surface area contributed by atoms with Crippen molar-refractivity contribution in [1.29, 1.82) is 0 Å². The summed E-state index contributed by atoms with van der Waals surface area (Å²) in [7, 11) is 3.88. The smallest absolute Gasteiger partial charge is 0.0667 e. The molecule has 0 aliphatic heterocycles. The third kappa shape index (κ3) is 4.35. The van der Waals surface area contributed by atoms with Crippen molar-refractivity contribution in [3.63, 3.8) is 0 Å². The number of nitrogens with zero attached hydrogens (tertiary/aromatic N) is 1. The van der Waals surface area contributed by atoms with Crippen LogP contribution in [0, 0.1) is 0 Å². The Kier molecular flexibility index (Phi) is 5.46. The lowest BCUT2D eigenvalue weighted by atomic mass is 10.1. The second kappa shape index (κ2) is 5.52. The average Bonchev–Trinajstić information content (AvgIpc) is 1.87. The van der Waals surface area contributed by atoms with E-state index in [9.17, 15) is 5.11 Å². The summed E-state index contributed by atoms with van der Waals surface area (Å²) in [5.41, 5.74) is 0. The lowest BCUT2D eigenvalue weighted by Gasteiger charge is -2.26. The monoisotopic (exact) mass is 161 g/mol. The molecule has 11 heavy (non-hydrogen) atoms. The van der Waals surface area contributed by atoms with Gasteiger partial charge < -0.3 is 15.1 Å². The van der Waals surface area contributed by atoms with Crippen LogP contribution in [0.3, 0.4) is 0 Å². The maximum atomic E-state index is 9.29. The minimum Gasteiger partial charge on any atom is -0.396 e. The molecular weight excluding hydrogens is 142 g/mol. The summed E-state index contributed by atoms with van der Waals surface area (Å²) < 4.78 is 0. The van der Waals surface area contributed by atoms with Crippen molar-refractivity contribution in [3.8, 4) is 0 Å². The predicted molar refractivity (Wildman–Crippen MR) is 45.5 cm³/mol. The molecular formula is C8H19NO2. The molecule has 0 saturated heterocycles. The molecule has 0 aromatic heterocycles. The van der Waals surface area contributed by atoms with Gasteiger partial charge in [0.15, 0.2) is 0 Å². The van der Waals surface area contributed by atoms with Crippen LogP contribution in [0.4, 0.5) is 0 Å². The van der Waals surface area contributed by atoms with Crippen LogP contribution in [-0.2, 0) is 0 Å². The number of hydrogen-bond donors (Lipinski definition) is 2. The molecule has 0 heterocycles. The molecule has 0 aromatic carbocycles. The van der Waals surface area contributed by atoms with E-state index in [-0.39, 0.29) is 18.8 Å².